The monoisotopic (exact) mass is 554 g/mol. The number of aromatic nitrogens is 2. The van der Waals surface area contributed by atoms with Crippen LogP contribution in [0.3, 0.4) is 0 Å². The van der Waals surface area contributed by atoms with Crippen molar-refractivity contribution in [3.8, 4) is 17.2 Å². The number of rotatable bonds is 7. The summed E-state index contributed by atoms with van der Waals surface area (Å²) in [7, 11) is 0. The average molecular weight is 555 g/mol. The molecule has 0 saturated carbocycles. The van der Waals surface area contributed by atoms with Gasteiger partial charge in [0.2, 0.25) is 0 Å². The van der Waals surface area contributed by atoms with E-state index in [1.165, 1.54) is 12.1 Å². The molecule has 0 unspecified atom stereocenters. The molecule has 1 heterocycles. The van der Waals surface area contributed by atoms with Crippen LogP contribution in [0.4, 0.5) is 0 Å². The number of fused-ring (bicyclic) bond motifs is 1. The summed E-state index contributed by atoms with van der Waals surface area (Å²) in [6, 6.07) is 24.6. The van der Waals surface area contributed by atoms with Gasteiger partial charge >= 0.3 is 5.97 Å². The molecule has 0 bridgehead atoms. The lowest BCUT2D eigenvalue weighted by Crippen LogP contribution is -2.24. The lowest BCUT2D eigenvalue weighted by Gasteiger charge is -2.13. The van der Waals surface area contributed by atoms with E-state index >= 15 is 0 Å². The first-order valence-electron chi connectivity index (χ1n) is 11.9. The fourth-order valence-electron chi connectivity index (χ4n) is 4.35. The van der Waals surface area contributed by atoms with Crippen molar-refractivity contribution < 1.29 is 14.7 Å². The molecule has 5 aromatic rings. The van der Waals surface area contributed by atoms with Gasteiger partial charge < -0.3 is 10.4 Å². The Morgan fingerprint density at radius 2 is 1.59 bits per heavy atom. The molecule has 1 aromatic heterocycles. The van der Waals surface area contributed by atoms with E-state index in [1.54, 1.807) is 59.4 Å². The molecule has 39 heavy (non-hydrogen) atoms. The fraction of sp³-hybridized carbons (Fsp3) is 0.0667. The number of halogens is 2. The molecular weight excluding hydrogens is 535 g/mol. The Kier molecular flexibility index (Phi) is 7.33. The summed E-state index contributed by atoms with van der Waals surface area (Å²) in [6.07, 6.45) is 1.70. The van der Waals surface area contributed by atoms with Crippen molar-refractivity contribution in [2.24, 2.45) is 0 Å². The van der Waals surface area contributed by atoms with Gasteiger partial charge in [-0.1, -0.05) is 47.5 Å². The van der Waals surface area contributed by atoms with Crippen molar-refractivity contribution in [2.75, 3.05) is 0 Å². The van der Waals surface area contributed by atoms with Crippen molar-refractivity contribution in [3.05, 3.63) is 123 Å². The number of nitrogens with zero attached hydrogens (tertiary/aromatic N) is 3. The van der Waals surface area contributed by atoms with Gasteiger partial charge in [-0.3, -0.25) is 9.48 Å². The molecule has 0 aliphatic rings. The van der Waals surface area contributed by atoms with E-state index in [0.29, 0.717) is 33.2 Å². The molecule has 5 rings (SSSR count). The quantitative estimate of drug-likeness (QED) is 0.237. The first kappa shape index (κ1) is 26.0. The molecule has 7 nitrogen and oxygen atoms in total. The second-order valence-corrected chi connectivity index (χ2v) is 9.79. The van der Waals surface area contributed by atoms with Crippen LogP contribution < -0.4 is 5.32 Å². The normalized spacial score (nSPS) is 10.8. The highest BCUT2D eigenvalue weighted by Crippen LogP contribution is 2.29. The zero-order chi connectivity index (χ0) is 27.5. The van der Waals surface area contributed by atoms with Crippen LogP contribution in [0.2, 0.25) is 10.0 Å². The summed E-state index contributed by atoms with van der Waals surface area (Å²) in [5, 5.41) is 27.5. The zero-order valence-corrected chi connectivity index (χ0v) is 21.9. The van der Waals surface area contributed by atoms with Crippen molar-refractivity contribution in [2.45, 2.75) is 13.1 Å². The minimum atomic E-state index is -1.01. The number of hydrogen-bond donors (Lipinski definition) is 2. The van der Waals surface area contributed by atoms with Crippen molar-refractivity contribution in [1.82, 2.24) is 15.1 Å². The largest absolute Gasteiger partial charge is 0.478 e. The van der Waals surface area contributed by atoms with Gasteiger partial charge in [-0.2, -0.15) is 10.4 Å². The maximum atomic E-state index is 13.6. The van der Waals surface area contributed by atoms with Crippen LogP contribution in [0.5, 0.6) is 0 Å². The molecule has 0 atom stereocenters. The number of nitriles is 1. The number of carboxylic acids is 1. The molecule has 0 aliphatic heterocycles. The van der Waals surface area contributed by atoms with Crippen LogP contribution in [0.1, 0.15) is 37.4 Å². The predicted molar refractivity (Wildman–Crippen MR) is 150 cm³/mol. The number of carbonyl (C=O) groups excluding carboxylic acids is 1. The summed E-state index contributed by atoms with van der Waals surface area (Å²) in [6.45, 7) is 0.552. The highest BCUT2D eigenvalue weighted by atomic mass is 35.5. The van der Waals surface area contributed by atoms with E-state index in [-0.39, 0.29) is 18.0 Å². The second kappa shape index (κ2) is 11.0. The van der Waals surface area contributed by atoms with Gasteiger partial charge in [0.15, 0.2) is 0 Å². The van der Waals surface area contributed by atoms with Crippen LogP contribution >= 0.6 is 23.2 Å². The van der Waals surface area contributed by atoms with Crippen LogP contribution in [0.15, 0.2) is 85.1 Å². The van der Waals surface area contributed by atoms with Crippen LogP contribution in [0.25, 0.3) is 22.0 Å². The molecule has 0 fully saturated rings. The van der Waals surface area contributed by atoms with E-state index in [0.717, 1.165) is 27.6 Å². The standard InChI is InChI=1S/C30H20Cl2N4O3/c31-25-9-20(10-26(32)13-25)17-36-28-24(16-35-36)11-23(21-5-1-18(14-33)2-6-21)12-27(28)29(37)34-15-19-3-7-22(8-4-19)30(38)39/h1-13,16H,15,17H2,(H,34,37)(H,38,39). The Morgan fingerprint density at radius 1 is 0.897 bits per heavy atom. The third-order valence-corrected chi connectivity index (χ3v) is 6.67. The smallest absolute Gasteiger partial charge is 0.335 e. The van der Waals surface area contributed by atoms with Gasteiger partial charge in [0, 0.05) is 22.0 Å². The summed E-state index contributed by atoms with van der Waals surface area (Å²) in [5.41, 5.74) is 5.01. The lowest BCUT2D eigenvalue weighted by molar-refractivity contribution is 0.0696. The molecule has 0 aliphatic carbocycles. The second-order valence-electron chi connectivity index (χ2n) is 8.92. The number of benzene rings is 4. The topological polar surface area (TPSA) is 108 Å². The maximum absolute atomic E-state index is 13.6. The third kappa shape index (κ3) is 5.78. The maximum Gasteiger partial charge on any atom is 0.335 e. The summed E-state index contributed by atoms with van der Waals surface area (Å²) in [4.78, 5) is 24.7. The SMILES string of the molecule is N#Cc1ccc(-c2cc(C(=O)NCc3ccc(C(=O)O)cc3)c3c(cnn3Cc3cc(Cl)cc(Cl)c3)c2)cc1. The van der Waals surface area contributed by atoms with Crippen LogP contribution in [0, 0.1) is 11.3 Å². The molecule has 0 saturated heterocycles. The van der Waals surface area contributed by atoms with E-state index in [1.807, 2.05) is 18.2 Å². The van der Waals surface area contributed by atoms with Gasteiger partial charge in [0.05, 0.1) is 41.0 Å². The third-order valence-electron chi connectivity index (χ3n) is 6.23. The van der Waals surface area contributed by atoms with Crippen LogP contribution in [-0.4, -0.2) is 26.8 Å². The predicted octanol–water partition coefficient (Wildman–Crippen LogP) is 6.56. The van der Waals surface area contributed by atoms with Gasteiger partial charge in [0.25, 0.3) is 5.91 Å². The van der Waals surface area contributed by atoms with Crippen molar-refractivity contribution in [3.63, 3.8) is 0 Å². The van der Waals surface area contributed by atoms with Crippen LogP contribution in [-0.2, 0) is 13.1 Å². The van der Waals surface area contributed by atoms with E-state index < -0.39 is 5.97 Å². The molecular formula is C30H20Cl2N4O3. The van der Waals surface area contributed by atoms with Gasteiger partial charge in [-0.25, -0.2) is 4.79 Å². The average Bonchev–Trinajstić information content (AvgIpc) is 3.33. The molecule has 192 valence electrons. The Labute approximate surface area is 233 Å². The van der Waals surface area contributed by atoms with Gasteiger partial charge in [0.1, 0.15) is 0 Å². The summed E-state index contributed by atoms with van der Waals surface area (Å²) in [5.74, 6) is -1.33. The summed E-state index contributed by atoms with van der Waals surface area (Å²) >= 11 is 12.4. The van der Waals surface area contributed by atoms with Gasteiger partial charge in [-0.05, 0) is 76.9 Å². The fourth-order valence-corrected chi connectivity index (χ4v) is 4.92. The molecule has 0 spiro atoms. The zero-order valence-electron chi connectivity index (χ0n) is 20.4. The Morgan fingerprint density at radius 3 is 2.23 bits per heavy atom. The van der Waals surface area contributed by atoms with Crippen molar-refractivity contribution in [1.29, 1.82) is 5.26 Å². The molecule has 1 amide bonds. The Hall–Kier alpha value is -4.64. The number of hydrogen-bond acceptors (Lipinski definition) is 4. The number of aromatic carboxylic acids is 1. The van der Waals surface area contributed by atoms with E-state index in [9.17, 15) is 9.59 Å². The van der Waals surface area contributed by atoms with E-state index in [4.69, 9.17) is 33.6 Å². The van der Waals surface area contributed by atoms with Gasteiger partial charge in [-0.15, -0.1) is 0 Å². The van der Waals surface area contributed by atoms with E-state index in [2.05, 4.69) is 16.5 Å². The first-order chi connectivity index (χ1) is 18.8. The minimum absolute atomic E-state index is 0.173. The Balaban J connectivity index is 1.53. The molecule has 0 radical (unpaired) electrons. The summed E-state index contributed by atoms with van der Waals surface area (Å²) < 4.78 is 1.73. The molecule has 4 aromatic carbocycles. The highest BCUT2D eigenvalue weighted by molar-refractivity contribution is 6.34. The first-order valence-corrected chi connectivity index (χ1v) is 12.6. The number of nitrogens with one attached hydrogen (secondary N) is 1. The Bertz CT molecular complexity index is 1730. The van der Waals surface area contributed by atoms with Crippen molar-refractivity contribution >= 4 is 46.0 Å². The molecule has 2 N–H and O–H groups in total. The minimum Gasteiger partial charge on any atom is -0.478 e. The number of amides is 1. The lowest BCUT2D eigenvalue weighted by atomic mass is 9.99. The highest BCUT2D eigenvalue weighted by Gasteiger charge is 2.18. The molecule has 9 heteroatoms. The number of carboxylic acid groups (broad SMARTS) is 1. The number of carbonyl (C=O) groups is 2.